The summed E-state index contributed by atoms with van der Waals surface area (Å²) in [4.78, 5) is 7.31. The summed E-state index contributed by atoms with van der Waals surface area (Å²) >= 11 is 0. The number of halogens is 1. The van der Waals surface area contributed by atoms with E-state index in [0.29, 0.717) is 17.1 Å². The van der Waals surface area contributed by atoms with Gasteiger partial charge in [0.15, 0.2) is 0 Å². The molecule has 0 saturated heterocycles. The number of fused-ring (bicyclic) bond motifs is 1. The van der Waals surface area contributed by atoms with Crippen LogP contribution < -0.4 is 5.73 Å². The first-order valence-electron chi connectivity index (χ1n) is 5.82. The van der Waals surface area contributed by atoms with Gasteiger partial charge in [-0.25, -0.2) is 9.37 Å². The zero-order chi connectivity index (χ0) is 13.4. The molecule has 4 nitrogen and oxygen atoms in total. The van der Waals surface area contributed by atoms with Crippen molar-refractivity contribution < 1.29 is 9.50 Å². The molecule has 0 spiro atoms. The molecular weight excluding hydrogens is 245 g/mol. The highest BCUT2D eigenvalue weighted by molar-refractivity contribution is 5.78. The van der Waals surface area contributed by atoms with E-state index in [2.05, 4.69) is 9.97 Å². The van der Waals surface area contributed by atoms with E-state index < -0.39 is 6.10 Å². The second-order valence-electron chi connectivity index (χ2n) is 4.35. The van der Waals surface area contributed by atoms with Crippen molar-refractivity contribution in [2.75, 3.05) is 5.73 Å². The molecule has 1 atom stereocenters. The quantitative estimate of drug-likeness (QED) is 0.617. The fourth-order valence-corrected chi connectivity index (χ4v) is 1.98. The lowest BCUT2D eigenvalue weighted by Crippen LogP contribution is -2.01. The van der Waals surface area contributed by atoms with Gasteiger partial charge in [-0.2, -0.15) is 0 Å². The van der Waals surface area contributed by atoms with E-state index in [9.17, 15) is 9.50 Å². The average molecular weight is 257 g/mol. The van der Waals surface area contributed by atoms with Gasteiger partial charge in [0.05, 0.1) is 11.0 Å². The predicted octanol–water partition coefficient (Wildman–Crippen LogP) is 2.37. The summed E-state index contributed by atoms with van der Waals surface area (Å²) in [5.74, 6) is 0.0699. The van der Waals surface area contributed by atoms with Crippen molar-refractivity contribution in [2.45, 2.75) is 6.10 Å². The van der Waals surface area contributed by atoms with Crippen LogP contribution >= 0.6 is 0 Å². The number of nitrogens with zero attached hydrogens (tertiary/aromatic N) is 1. The number of aliphatic hydroxyl groups excluding tert-OH is 1. The molecule has 0 aliphatic heterocycles. The Morgan fingerprint density at radius 1 is 1.16 bits per heavy atom. The first-order valence-corrected chi connectivity index (χ1v) is 5.82. The van der Waals surface area contributed by atoms with Gasteiger partial charge in [-0.15, -0.1) is 0 Å². The molecule has 1 unspecified atom stereocenters. The van der Waals surface area contributed by atoms with Crippen molar-refractivity contribution >= 4 is 16.7 Å². The zero-order valence-corrected chi connectivity index (χ0v) is 9.97. The normalized spacial score (nSPS) is 12.7. The number of benzene rings is 2. The number of aromatic amines is 1. The highest BCUT2D eigenvalue weighted by Crippen LogP contribution is 2.23. The predicted molar refractivity (Wildman–Crippen MR) is 71.0 cm³/mol. The Hall–Kier alpha value is -2.40. The highest BCUT2D eigenvalue weighted by atomic mass is 19.1. The fraction of sp³-hybridized carbons (Fsp3) is 0.0714. The molecule has 3 aromatic rings. The molecule has 3 rings (SSSR count). The van der Waals surface area contributed by atoms with Gasteiger partial charge in [-0.1, -0.05) is 12.1 Å². The third-order valence-corrected chi connectivity index (χ3v) is 2.97. The minimum absolute atomic E-state index is 0.340. The molecule has 96 valence electrons. The molecule has 4 N–H and O–H groups in total. The number of aromatic nitrogens is 2. The number of hydrogen-bond acceptors (Lipinski definition) is 3. The topological polar surface area (TPSA) is 74.9 Å². The number of nitrogens with one attached hydrogen (secondary N) is 1. The molecule has 0 fully saturated rings. The SMILES string of the molecule is Nc1ccc2nc(C(O)c3ccc(F)cc3)[nH]c2c1. The first kappa shape index (κ1) is 11.7. The maximum atomic E-state index is 12.8. The molecule has 19 heavy (non-hydrogen) atoms. The van der Waals surface area contributed by atoms with E-state index in [1.165, 1.54) is 24.3 Å². The minimum atomic E-state index is -0.922. The number of aliphatic hydroxyl groups is 1. The van der Waals surface area contributed by atoms with Gasteiger partial charge in [0.25, 0.3) is 0 Å². The maximum absolute atomic E-state index is 12.8. The fourth-order valence-electron chi connectivity index (χ4n) is 1.98. The Labute approximate surface area is 108 Å². The van der Waals surface area contributed by atoms with E-state index in [-0.39, 0.29) is 5.82 Å². The molecule has 0 aliphatic carbocycles. The molecule has 0 saturated carbocycles. The van der Waals surface area contributed by atoms with Crippen LogP contribution in [-0.4, -0.2) is 15.1 Å². The van der Waals surface area contributed by atoms with Gasteiger partial charge in [-0.3, -0.25) is 0 Å². The van der Waals surface area contributed by atoms with Gasteiger partial charge in [0.1, 0.15) is 17.7 Å². The van der Waals surface area contributed by atoms with Gasteiger partial charge in [-0.05, 0) is 35.9 Å². The minimum Gasteiger partial charge on any atom is -0.399 e. The number of nitrogens with two attached hydrogens (primary N) is 1. The van der Waals surface area contributed by atoms with Gasteiger partial charge >= 0.3 is 0 Å². The lowest BCUT2D eigenvalue weighted by atomic mass is 10.1. The third kappa shape index (κ3) is 2.15. The Bertz CT molecular complexity index is 721. The Morgan fingerprint density at radius 2 is 1.89 bits per heavy atom. The number of H-pyrrole nitrogens is 1. The Kier molecular flexibility index (Phi) is 2.68. The van der Waals surface area contributed by atoms with Crippen LogP contribution in [-0.2, 0) is 0 Å². The molecule has 0 aliphatic rings. The molecule has 0 radical (unpaired) electrons. The number of imidazole rings is 1. The average Bonchev–Trinajstić information content (AvgIpc) is 2.81. The van der Waals surface area contributed by atoms with Crippen LogP contribution in [0.4, 0.5) is 10.1 Å². The van der Waals surface area contributed by atoms with Crippen molar-refractivity contribution in [3.05, 3.63) is 59.7 Å². The summed E-state index contributed by atoms with van der Waals surface area (Å²) in [6.07, 6.45) is -0.922. The highest BCUT2D eigenvalue weighted by Gasteiger charge is 2.15. The van der Waals surface area contributed by atoms with Gasteiger partial charge < -0.3 is 15.8 Å². The third-order valence-electron chi connectivity index (χ3n) is 2.97. The summed E-state index contributed by atoms with van der Waals surface area (Å²) in [5, 5.41) is 10.2. The lowest BCUT2D eigenvalue weighted by Gasteiger charge is -2.07. The summed E-state index contributed by atoms with van der Waals surface area (Å²) in [7, 11) is 0. The zero-order valence-electron chi connectivity index (χ0n) is 9.97. The number of hydrogen-bond donors (Lipinski definition) is 3. The summed E-state index contributed by atoms with van der Waals surface area (Å²) in [6.45, 7) is 0. The first-order chi connectivity index (χ1) is 9.13. The molecule has 1 aromatic heterocycles. The lowest BCUT2D eigenvalue weighted by molar-refractivity contribution is 0.211. The van der Waals surface area contributed by atoms with Crippen molar-refractivity contribution in [1.29, 1.82) is 0 Å². The second-order valence-corrected chi connectivity index (χ2v) is 4.35. The Morgan fingerprint density at radius 3 is 2.63 bits per heavy atom. The number of anilines is 1. The van der Waals surface area contributed by atoms with Crippen LogP contribution in [0.3, 0.4) is 0 Å². The van der Waals surface area contributed by atoms with Crippen LogP contribution in [0.1, 0.15) is 17.5 Å². The van der Waals surface area contributed by atoms with Crippen LogP contribution in [0.5, 0.6) is 0 Å². The molecule has 1 heterocycles. The van der Waals surface area contributed by atoms with E-state index in [0.717, 1.165) is 11.0 Å². The van der Waals surface area contributed by atoms with Crippen molar-refractivity contribution in [2.24, 2.45) is 0 Å². The maximum Gasteiger partial charge on any atom is 0.140 e. The van der Waals surface area contributed by atoms with Crippen molar-refractivity contribution in [3.63, 3.8) is 0 Å². The van der Waals surface area contributed by atoms with Crippen molar-refractivity contribution in [1.82, 2.24) is 9.97 Å². The molecular formula is C14H12FN3O. The van der Waals surface area contributed by atoms with Gasteiger partial charge in [0.2, 0.25) is 0 Å². The standard InChI is InChI=1S/C14H12FN3O/c15-9-3-1-8(2-4-9)13(19)14-17-11-6-5-10(16)7-12(11)18-14/h1-7,13,19H,16H2,(H,17,18). The van der Waals surface area contributed by atoms with E-state index in [4.69, 9.17) is 5.73 Å². The molecule has 5 heteroatoms. The van der Waals surface area contributed by atoms with E-state index >= 15 is 0 Å². The second kappa shape index (κ2) is 4.37. The van der Waals surface area contributed by atoms with Crippen LogP contribution in [0, 0.1) is 5.82 Å². The molecule has 0 amide bonds. The van der Waals surface area contributed by atoms with E-state index in [1.807, 2.05) is 0 Å². The summed E-state index contributed by atoms with van der Waals surface area (Å²) < 4.78 is 12.8. The van der Waals surface area contributed by atoms with Crippen LogP contribution in [0.25, 0.3) is 11.0 Å². The van der Waals surface area contributed by atoms with E-state index in [1.54, 1.807) is 18.2 Å². The monoisotopic (exact) mass is 257 g/mol. The summed E-state index contributed by atoms with van der Waals surface area (Å²) in [5.41, 5.74) is 8.37. The molecule has 2 aromatic carbocycles. The van der Waals surface area contributed by atoms with Crippen molar-refractivity contribution in [3.8, 4) is 0 Å². The smallest absolute Gasteiger partial charge is 0.140 e. The summed E-state index contributed by atoms with van der Waals surface area (Å²) in [6, 6.07) is 10.9. The molecule has 0 bridgehead atoms. The Balaban J connectivity index is 2.01. The van der Waals surface area contributed by atoms with Gasteiger partial charge in [0, 0.05) is 5.69 Å². The number of nitrogen functional groups attached to an aromatic ring is 1. The number of rotatable bonds is 2. The largest absolute Gasteiger partial charge is 0.399 e. The van der Waals surface area contributed by atoms with Crippen LogP contribution in [0.2, 0.25) is 0 Å². The van der Waals surface area contributed by atoms with Crippen LogP contribution in [0.15, 0.2) is 42.5 Å².